The van der Waals surface area contributed by atoms with E-state index in [1.165, 1.54) is 5.56 Å². The van der Waals surface area contributed by atoms with Crippen LogP contribution in [-0.2, 0) is 0 Å². The number of ether oxygens (including phenoxy) is 1. The summed E-state index contributed by atoms with van der Waals surface area (Å²) in [6.45, 7) is 5.17. The van der Waals surface area contributed by atoms with Gasteiger partial charge in [-0.25, -0.2) is 0 Å². The van der Waals surface area contributed by atoms with Crippen molar-refractivity contribution < 1.29 is 4.74 Å². The number of hydrazone groups is 1. The Bertz CT molecular complexity index is 372. The highest BCUT2D eigenvalue weighted by molar-refractivity contribution is 5.75. The van der Waals surface area contributed by atoms with Crippen LogP contribution in [0.3, 0.4) is 0 Å². The van der Waals surface area contributed by atoms with Gasteiger partial charge in [0.2, 0.25) is 5.96 Å². The molecule has 5 nitrogen and oxygen atoms in total. The van der Waals surface area contributed by atoms with Gasteiger partial charge < -0.3 is 21.6 Å². The van der Waals surface area contributed by atoms with Crippen molar-refractivity contribution in [2.45, 2.75) is 13.8 Å². The molecule has 0 amide bonds. The maximum atomic E-state index is 5.59. The maximum Gasteiger partial charge on any atom is 0.208 e. The molecule has 0 atom stereocenters. The smallest absolute Gasteiger partial charge is 0.208 e. The standard InChI is InChI=1S/C11H18N4O/c1-8-4-3-5-10(9(8)2)16-7-6-14-15-11(12)13/h3-5,14H,6-7H2,1-2H3,(H4,12,13,15). The number of nitrogens with zero attached hydrogens (tertiary/aromatic N) is 1. The predicted octanol–water partition coefficient (Wildman–Crippen LogP) is 0.460. The minimum atomic E-state index is 0.0201. The Morgan fingerprint density at radius 2 is 2.12 bits per heavy atom. The summed E-state index contributed by atoms with van der Waals surface area (Å²) in [6.07, 6.45) is 0. The first kappa shape index (κ1) is 12.2. The number of hydrogen-bond donors (Lipinski definition) is 3. The molecule has 0 saturated carbocycles. The minimum absolute atomic E-state index is 0.0201. The molecular weight excluding hydrogens is 204 g/mol. The quantitative estimate of drug-likeness (QED) is 0.292. The summed E-state index contributed by atoms with van der Waals surface area (Å²) >= 11 is 0. The van der Waals surface area contributed by atoms with Crippen LogP contribution in [-0.4, -0.2) is 19.1 Å². The van der Waals surface area contributed by atoms with Crippen molar-refractivity contribution >= 4 is 5.96 Å². The fourth-order valence-corrected chi connectivity index (χ4v) is 1.23. The normalized spacial score (nSPS) is 9.62. The van der Waals surface area contributed by atoms with Crippen molar-refractivity contribution in [2.24, 2.45) is 16.6 Å². The van der Waals surface area contributed by atoms with Crippen LogP contribution in [0.1, 0.15) is 11.1 Å². The fourth-order valence-electron chi connectivity index (χ4n) is 1.23. The molecule has 0 aromatic heterocycles. The van der Waals surface area contributed by atoms with E-state index in [9.17, 15) is 0 Å². The molecule has 0 heterocycles. The molecule has 0 aliphatic heterocycles. The second-order valence-electron chi connectivity index (χ2n) is 3.49. The van der Waals surface area contributed by atoms with Gasteiger partial charge in [0.15, 0.2) is 0 Å². The van der Waals surface area contributed by atoms with E-state index in [2.05, 4.69) is 23.5 Å². The number of rotatable bonds is 5. The Balaban J connectivity index is 2.38. The lowest BCUT2D eigenvalue weighted by Gasteiger charge is -2.10. The summed E-state index contributed by atoms with van der Waals surface area (Å²) in [4.78, 5) is 0. The summed E-state index contributed by atoms with van der Waals surface area (Å²) in [7, 11) is 0. The molecular formula is C11H18N4O. The monoisotopic (exact) mass is 222 g/mol. The van der Waals surface area contributed by atoms with Gasteiger partial charge in [-0.1, -0.05) is 12.1 Å². The number of hydrogen-bond acceptors (Lipinski definition) is 3. The molecule has 0 radical (unpaired) electrons. The Morgan fingerprint density at radius 1 is 1.38 bits per heavy atom. The van der Waals surface area contributed by atoms with Crippen LogP contribution in [0.2, 0.25) is 0 Å². The molecule has 88 valence electrons. The zero-order chi connectivity index (χ0) is 12.0. The molecule has 1 aromatic rings. The van der Waals surface area contributed by atoms with E-state index >= 15 is 0 Å². The van der Waals surface area contributed by atoms with E-state index in [4.69, 9.17) is 16.2 Å². The van der Waals surface area contributed by atoms with E-state index in [-0.39, 0.29) is 5.96 Å². The average molecular weight is 222 g/mol. The number of nitrogens with two attached hydrogens (primary N) is 2. The lowest BCUT2D eigenvalue weighted by Crippen LogP contribution is -2.27. The molecule has 1 aromatic carbocycles. The molecule has 0 unspecified atom stereocenters. The Kier molecular flexibility index (Phi) is 4.44. The Hall–Kier alpha value is -1.91. The first-order valence-electron chi connectivity index (χ1n) is 5.11. The summed E-state index contributed by atoms with van der Waals surface area (Å²) in [5, 5.41) is 3.64. The lowest BCUT2D eigenvalue weighted by atomic mass is 10.1. The van der Waals surface area contributed by atoms with Gasteiger partial charge in [-0.3, -0.25) is 0 Å². The van der Waals surface area contributed by atoms with E-state index < -0.39 is 0 Å². The first-order chi connectivity index (χ1) is 7.61. The van der Waals surface area contributed by atoms with Gasteiger partial charge in [-0.05, 0) is 31.0 Å². The largest absolute Gasteiger partial charge is 0.491 e. The molecule has 5 N–H and O–H groups in total. The molecule has 16 heavy (non-hydrogen) atoms. The minimum Gasteiger partial charge on any atom is -0.491 e. The molecule has 0 aliphatic carbocycles. The van der Waals surface area contributed by atoms with Crippen LogP contribution >= 0.6 is 0 Å². The number of benzene rings is 1. The maximum absolute atomic E-state index is 5.59. The van der Waals surface area contributed by atoms with Crippen LogP contribution in [0.5, 0.6) is 5.75 Å². The van der Waals surface area contributed by atoms with Gasteiger partial charge in [0.05, 0.1) is 6.54 Å². The Morgan fingerprint density at radius 3 is 2.81 bits per heavy atom. The predicted molar refractivity (Wildman–Crippen MR) is 65.2 cm³/mol. The summed E-state index contributed by atoms with van der Waals surface area (Å²) in [5.74, 6) is 0.915. The van der Waals surface area contributed by atoms with Gasteiger partial charge in [-0.2, -0.15) is 0 Å². The summed E-state index contributed by atoms with van der Waals surface area (Å²) < 4.78 is 5.59. The van der Waals surface area contributed by atoms with E-state index in [1.807, 2.05) is 19.1 Å². The van der Waals surface area contributed by atoms with Crippen LogP contribution in [0.15, 0.2) is 23.3 Å². The highest BCUT2D eigenvalue weighted by atomic mass is 16.5. The van der Waals surface area contributed by atoms with Crippen molar-refractivity contribution in [3.05, 3.63) is 29.3 Å². The molecule has 0 bridgehead atoms. The third kappa shape index (κ3) is 3.68. The van der Waals surface area contributed by atoms with Gasteiger partial charge in [0.25, 0.3) is 0 Å². The SMILES string of the molecule is Cc1cccc(OCCNN=C(N)N)c1C. The molecule has 0 fully saturated rings. The second-order valence-corrected chi connectivity index (χ2v) is 3.49. The van der Waals surface area contributed by atoms with Crippen LogP contribution in [0.4, 0.5) is 0 Å². The summed E-state index contributed by atoms with van der Waals surface area (Å²) in [5.41, 5.74) is 15.4. The number of guanidine groups is 1. The van der Waals surface area contributed by atoms with Crippen molar-refractivity contribution in [1.29, 1.82) is 0 Å². The second kappa shape index (κ2) is 5.85. The average Bonchev–Trinajstić information content (AvgIpc) is 2.23. The van der Waals surface area contributed by atoms with E-state index in [0.717, 1.165) is 11.3 Å². The Labute approximate surface area is 95.5 Å². The van der Waals surface area contributed by atoms with Crippen molar-refractivity contribution in [3.63, 3.8) is 0 Å². The molecule has 5 heteroatoms. The number of nitrogens with one attached hydrogen (secondary N) is 1. The van der Waals surface area contributed by atoms with Gasteiger partial charge in [0.1, 0.15) is 12.4 Å². The van der Waals surface area contributed by atoms with Gasteiger partial charge in [-0.15, -0.1) is 5.10 Å². The highest BCUT2D eigenvalue weighted by Gasteiger charge is 2.00. The molecule has 0 aliphatic rings. The summed E-state index contributed by atoms with van der Waals surface area (Å²) in [6, 6.07) is 5.98. The third-order valence-corrected chi connectivity index (χ3v) is 2.23. The molecule has 0 spiro atoms. The lowest BCUT2D eigenvalue weighted by molar-refractivity contribution is 0.313. The van der Waals surface area contributed by atoms with Crippen LogP contribution in [0.25, 0.3) is 0 Å². The van der Waals surface area contributed by atoms with Crippen molar-refractivity contribution in [2.75, 3.05) is 13.2 Å². The van der Waals surface area contributed by atoms with Crippen LogP contribution in [0, 0.1) is 13.8 Å². The van der Waals surface area contributed by atoms with Gasteiger partial charge in [0, 0.05) is 0 Å². The van der Waals surface area contributed by atoms with Crippen molar-refractivity contribution in [3.8, 4) is 5.75 Å². The fraction of sp³-hybridized carbons (Fsp3) is 0.364. The van der Waals surface area contributed by atoms with Crippen LogP contribution < -0.4 is 21.6 Å². The molecule has 0 saturated heterocycles. The van der Waals surface area contributed by atoms with E-state index in [1.54, 1.807) is 0 Å². The first-order valence-corrected chi connectivity index (χ1v) is 5.11. The van der Waals surface area contributed by atoms with Crippen molar-refractivity contribution in [1.82, 2.24) is 5.43 Å². The number of aryl methyl sites for hydroxylation is 1. The third-order valence-electron chi connectivity index (χ3n) is 2.23. The van der Waals surface area contributed by atoms with Gasteiger partial charge >= 0.3 is 0 Å². The molecule has 1 rings (SSSR count). The zero-order valence-electron chi connectivity index (χ0n) is 9.66. The van der Waals surface area contributed by atoms with E-state index in [0.29, 0.717) is 13.2 Å². The zero-order valence-corrected chi connectivity index (χ0v) is 9.66. The topological polar surface area (TPSA) is 85.7 Å². The highest BCUT2D eigenvalue weighted by Crippen LogP contribution is 2.20.